The van der Waals surface area contributed by atoms with E-state index in [4.69, 9.17) is 4.74 Å². The second kappa shape index (κ2) is 8.28. The van der Waals surface area contributed by atoms with Crippen LogP contribution in [0.1, 0.15) is 59.8 Å². The Morgan fingerprint density at radius 2 is 1.08 bits per heavy atom. The van der Waals surface area contributed by atoms with Crippen molar-refractivity contribution in [3.05, 3.63) is 0 Å². The minimum atomic E-state index is -3.02. The molecule has 0 saturated heterocycles. The zero-order chi connectivity index (χ0) is 20.1. The van der Waals surface area contributed by atoms with Crippen molar-refractivity contribution in [2.24, 2.45) is 5.41 Å². The molecule has 0 heterocycles. The SMILES string of the molecule is CCCC(OC(C(=O)O)(C(=O)O)C(CC)(CC)CC)(C(=O)O)C(=O)O. The molecule has 0 unspecified atom stereocenters. The van der Waals surface area contributed by atoms with Gasteiger partial charge in [-0.25, -0.2) is 19.2 Å². The van der Waals surface area contributed by atoms with Crippen molar-refractivity contribution < 1.29 is 44.3 Å². The van der Waals surface area contributed by atoms with Crippen LogP contribution in [0.5, 0.6) is 0 Å². The van der Waals surface area contributed by atoms with Gasteiger partial charge in [-0.2, -0.15) is 0 Å². The molecule has 25 heavy (non-hydrogen) atoms. The predicted octanol–water partition coefficient (Wildman–Crippen LogP) is 1.84. The number of carbonyl (C=O) groups is 4. The van der Waals surface area contributed by atoms with Crippen molar-refractivity contribution in [2.75, 3.05) is 0 Å². The third-order valence-electron chi connectivity index (χ3n) is 5.00. The number of ether oxygens (including phenoxy) is 1. The highest BCUT2D eigenvalue weighted by Gasteiger charge is 2.67. The van der Waals surface area contributed by atoms with Gasteiger partial charge in [-0.15, -0.1) is 0 Å². The van der Waals surface area contributed by atoms with Crippen LogP contribution in [0.4, 0.5) is 0 Å². The van der Waals surface area contributed by atoms with Crippen LogP contribution in [0.3, 0.4) is 0 Å². The minimum Gasteiger partial charge on any atom is -0.479 e. The molecule has 0 aromatic rings. The molecule has 0 aliphatic carbocycles. The van der Waals surface area contributed by atoms with E-state index in [0.29, 0.717) is 0 Å². The van der Waals surface area contributed by atoms with E-state index in [1.807, 2.05) is 0 Å². The van der Waals surface area contributed by atoms with Gasteiger partial charge in [-0.1, -0.05) is 34.1 Å². The quantitative estimate of drug-likeness (QED) is 0.380. The van der Waals surface area contributed by atoms with Crippen LogP contribution in [0.25, 0.3) is 0 Å². The summed E-state index contributed by atoms with van der Waals surface area (Å²) < 4.78 is 5.15. The molecule has 0 radical (unpaired) electrons. The van der Waals surface area contributed by atoms with E-state index in [9.17, 15) is 39.6 Å². The standard InChI is InChI=1S/C16H26O9/c1-5-9-15(10(17)18,11(19)20)25-16(12(21)22,13(23)24)14(6-2,7-3)8-4/h5-9H2,1-4H3,(H,17,18)(H,19,20)(H,21,22)(H,23,24). The summed E-state index contributed by atoms with van der Waals surface area (Å²) in [7, 11) is 0. The zero-order valence-electron chi connectivity index (χ0n) is 14.9. The molecule has 0 rings (SSSR count). The number of hydrogen-bond donors (Lipinski definition) is 4. The highest BCUT2D eigenvalue weighted by molar-refractivity contribution is 6.06. The van der Waals surface area contributed by atoms with Crippen LogP contribution in [0.2, 0.25) is 0 Å². The van der Waals surface area contributed by atoms with Crippen molar-refractivity contribution in [3.8, 4) is 0 Å². The summed E-state index contributed by atoms with van der Waals surface area (Å²) in [6.07, 6.45) is -0.418. The normalized spacial score (nSPS) is 12.6. The third kappa shape index (κ3) is 3.46. The van der Waals surface area contributed by atoms with Gasteiger partial charge in [-0.05, 0) is 25.7 Å². The van der Waals surface area contributed by atoms with E-state index in [0.717, 1.165) is 0 Å². The molecule has 144 valence electrons. The van der Waals surface area contributed by atoms with Gasteiger partial charge >= 0.3 is 23.9 Å². The van der Waals surface area contributed by atoms with Crippen molar-refractivity contribution in [1.82, 2.24) is 0 Å². The van der Waals surface area contributed by atoms with E-state index < -0.39 is 46.9 Å². The highest BCUT2D eigenvalue weighted by atomic mass is 16.6. The lowest BCUT2D eigenvalue weighted by Gasteiger charge is -2.46. The van der Waals surface area contributed by atoms with Crippen molar-refractivity contribution in [2.45, 2.75) is 71.0 Å². The number of hydrogen-bond acceptors (Lipinski definition) is 5. The molecule has 0 aliphatic rings. The van der Waals surface area contributed by atoms with Gasteiger partial charge in [0.15, 0.2) is 0 Å². The fourth-order valence-corrected chi connectivity index (χ4v) is 3.29. The largest absolute Gasteiger partial charge is 0.479 e. The molecule has 9 nitrogen and oxygen atoms in total. The van der Waals surface area contributed by atoms with Gasteiger partial charge < -0.3 is 25.2 Å². The van der Waals surface area contributed by atoms with Gasteiger partial charge in [0.05, 0.1) is 0 Å². The lowest BCUT2D eigenvalue weighted by molar-refractivity contribution is -0.241. The first kappa shape index (κ1) is 22.8. The number of aliphatic carboxylic acids is 4. The molecule has 0 aliphatic heterocycles. The summed E-state index contributed by atoms with van der Waals surface area (Å²) in [6.45, 7) is 6.15. The predicted molar refractivity (Wildman–Crippen MR) is 85.3 cm³/mol. The van der Waals surface area contributed by atoms with Crippen LogP contribution in [-0.2, 0) is 23.9 Å². The molecule has 0 bridgehead atoms. The van der Waals surface area contributed by atoms with Gasteiger partial charge in [0.25, 0.3) is 11.2 Å². The molecular formula is C16H26O9. The van der Waals surface area contributed by atoms with E-state index in [1.165, 1.54) is 6.92 Å². The Kier molecular flexibility index (Phi) is 7.57. The molecule has 9 heteroatoms. The monoisotopic (exact) mass is 362 g/mol. The third-order valence-corrected chi connectivity index (χ3v) is 5.00. The summed E-state index contributed by atoms with van der Waals surface area (Å²) in [6, 6.07) is 0. The van der Waals surface area contributed by atoms with Crippen LogP contribution in [0, 0.1) is 5.41 Å². The van der Waals surface area contributed by atoms with Crippen LogP contribution >= 0.6 is 0 Å². The molecule has 0 aromatic carbocycles. The van der Waals surface area contributed by atoms with E-state index in [-0.39, 0.29) is 25.7 Å². The first-order chi connectivity index (χ1) is 11.5. The molecular weight excluding hydrogens is 336 g/mol. The molecule has 0 aromatic heterocycles. The number of carboxylic acids is 4. The Balaban J connectivity index is 6.83. The van der Waals surface area contributed by atoms with Gasteiger partial charge in [0.2, 0.25) is 0 Å². The van der Waals surface area contributed by atoms with E-state index >= 15 is 0 Å². The molecule has 0 saturated carbocycles. The van der Waals surface area contributed by atoms with Crippen LogP contribution in [0.15, 0.2) is 0 Å². The lowest BCUT2D eigenvalue weighted by atomic mass is 9.65. The number of rotatable bonds is 12. The van der Waals surface area contributed by atoms with Crippen molar-refractivity contribution in [1.29, 1.82) is 0 Å². The second-order valence-electron chi connectivity index (χ2n) is 5.92. The smallest absolute Gasteiger partial charge is 0.348 e. The lowest BCUT2D eigenvalue weighted by Crippen LogP contribution is -2.67. The topological polar surface area (TPSA) is 158 Å². The van der Waals surface area contributed by atoms with Crippen molar-refractivity contribution in [3.63, 3.8) is 0 Å². The summed E-state index contributed by atoms with van der Waals surface area (Å²) in [4.78, 5) is 47.4. The zero-order valence-corrected chi connectivity index (χ0v) is 14.9. The van der Waals surface area contributed by atoms with Crippen LogP contribution in [-0.4, -0.2) is 55.5 Å². The highest BCUT2D eigenvalue weighted by Crippen LogP contribution is 2.47. The van der Waals surface area contributed by atoms with Gasteiger partial charge in [0.1, 0.15) is 0 Å². The average molecular weight is 362 g/mol. The van der Waals surface area contributed by atoms with Crippen molar-refractivity contribution >= 4 is 23.9 Å². The maximum atomic E-state index is 12.0. The Labute approximate surface area is 145 Å². The summed E-state index contributed by atoms with van der Waals surface area (Å²) in [5, 5.41) is 38.3. The van der Waals surface area contributed by atoms with E-state index in [2.05, 4.69) is 0 Å². The summed E-state index contributed by atoms with van der Waals surface area (Å²) >= 11 is 0. The number of carboxylic acid groups (broad SMARTS) is 4. The summed E-state index contributed by atoms with van der Waals surface area (Å²) in [5.41, 5.74) is -7.48. The maximum absolute atomic E-state index is 12.0. The summed E-state index contributed by atoms with van der Waals surface area (Å²) in [5.74, 6) is -7.72. The van der Waals surface area contributed by atoms with Gasteiger partial charge in [-0.3, -0.25) is 0 Å². The Morgan fingerprint density at radius 3 is 1.28 bits per heavy atom. The maximum Gasteiger partial charge on any atom is 0.348 e. The molecule has 4 N–H and O–H groups in total. The molecule has 0 spiro atoms. The Hall–Kier alpha value is -2.16. The van der Waals surface area contributed by atoms with Gasteiger partial charge in [0, 0.05) is 5.41 Å². The second-order valence-corrected chi connectivity index (χ2v) is 5.92. The minimum absolute atomic E-state index is 0.0330. The Morgan fingerprint density at radius 1 is 0.720 bits per heavy atom. The Bertz CT molecular complexity index is 497. The molecule has 0 atom stereocenters. The first-order valence-electron chi connectivity index (χ1n) is 8.11. The fraction of sp³-hybridized carbons (Fsp3) is 0.750. The first-order valence-corrected chi connectivity index (χ1v) is 8.11. The van der Waals surface area contributed by atoms with Crippen LogP contribution < -0.4 is 0 Å². The fourth-order valence-electron chi connectivity index (χ4n) is 3.29. The average Bonchev–Trinajstić information content (AvgIpc) is 2.53. The van der Waals surface area contributed by atoms with E-state index in [1.54, 1.807) is 20.8 Å². The molecule has 0 amide bonds. The molecule has 0 fully saturated rings.